The Labute approximate surface area is 203 Å². The number of halogens is 1. The van der Waals surface area contributed by atoms with Crippen LogP contribution in [0.15, 0.2) is 60.7 Å². The monoisotopic (exact) mass is 497 g/mol. The van der Waals surface area contributed by atoms with E-state index in [0.717, 1.165) is 48.8 Å². The lowest BCUT2D eigenvalue weighted by molar-refractivity contribution is -0.958. The number of carbonyl (C=O) groups is 1. The Morgan fingerprint density at radius 2 is 1.47 bits per heavy atom. The summed E-state index contributed by atoms with van der Waals surface area (Å²) in [6.07, 6.45) is 8.98. The van der Waals surface area contributed by atoms with E-state index in [1.54, 1.807) is 0 Å². The minimum atomic E-state index is -0.450. The van der Waals surface area contributed by atoms with Gasteiger partial charge >= 0.3 is 5.97 Å². The number of benzene rings is 2. The third kappa shape index (κ3) is 4.68. The van der Waals surface area contributed by atoms with Crippen molar-refractivity contribution in [2.24, 2.45) is 5.92 Å². The van der Waals surface area contributed by atoms with Gasteiger partial charge in [0.2, 0.25) is 0 Å². The second-order valence-electron chi connectivity index (χ2n) is 10.3. The van der Waals surface area contributed by atoms with E-state index < -0.39 is 5.41 Å². The Morgan fingerprint density at radius 3 is 2.09 bits per heavy atom. The average Bonchev–Trinajstić information content (AvgIpc) is 3.08. The Morgan fingerprint density at radius 1 is 0.875 bits per heavy atom. The van der Waals surface area contributed by atoms with Crippen LogP contribution in [0.1, 0.15) is 62.5 Å². The van der Waals surface area contributed by atoms with E-state index in [4.69, 9.17) is 4.74 Å². The standard InChI is InChI=1S/C28H36NO2.BrH/c30-27(28(17-9-1-2-10-18-28)25-13-7-4-8-14-25)31-26-22-29(19-15-24(26)16-20-29)21-23-11-5-3-6-12-23;/h3-8,11-14,24,26H,1-2,9-10,15-22H2;1H/q+1;/p-1/t24?,26-,29?;/m0./s1. The predicted molar refractivity (Wildman–Crippen MR) is 123 cm³/mol. The molecule has 2 bridgehead atoms. The first kappa shape index (κ1) is 23.5. The van der Waals surface area contributed by atoms with Gasteiger partial charge in [0.25, 0.3) is 0 Å². The lowest BCUT2D eigenvalue weighted by atomic mass is 9.74. The van der Waals surface area contributed by atoms with Crippen molar-refractivity contribution in [1.82, 2.24) is 0 Å². The Hall–Kier alpha value is -1.65. The molecule has 1 atom stereocenters. The van der Waals surface area contributed by atoms with Crippen LogP contribution in [0, 0.1) is 5.92 Å². The van der Waals surface area contributed by atoms with Crippen molar-refractivity contribution in [3.05, 3.63) is 71.8 Å². The SMILES string of the molecule is O=C(O[C@H]1C[N+]2(Cc3ccccc3)CCC1CC2)C1(c2ccccc2)CCCCCC1.[Br-]. The maximum atomic E-state index is 13.9. The highest BCUT2D eigenvalue weighted by Crippen LogP contribution is 2.42. The highest BCUT2D eigenvalue weighted by molar-refractivity contribution is 5.83. The van der Waals surface area contributed by atoms with Crippen molar-refractivity contribution in [3.8, 4) is 0 Å². The molecule has 0 aromatic heterocycles. The van der Waals surface area contributed by atoms with Gasteiger partial charge in [-0.1, -0.05) is 86.3 Å². The summed E-state index contributed by atoms with van der Waals surface area (Å²) in [5.74, 6) is 0.593. The molecule has 4 fully saturated rings. The average molecular weight is 499 g/mol. The zero-order valence-corrected chi connectivity index (χ0v) is 20.6. The van der Waals surface area contributed by atoms with Crippen molar-refractivity contribution in [2.45, 2.75) is 69.4 Å². The van der Waals surface area contributed by atoms with Gasteiger partial charge < -0.3 is 26.2 Å². The Kier molecular flexibility index (Phi) is 7.41. The van der Waals surface area contributed by atoms with Crippen molar-refractivity contribution in [3.63, 3.8) is 0 Å². The maximum Gasteiger partial charge on any atom is 0.317 e. The summed E-state index contributed by atoms with van der Waals surface area (Å²) in [7, 11) is 0. The molecule has 4 heteroatoms. The molecule has 172 valence electrons. The van der Waals surface area contributed by atoms with Crippen LogP contribution in [-0.4, -0.2) is 36.2 Å². The predicted octanol–water partition coefficient (Wildman–Crippen LogP) is 2.64. The topological polar surface area (TPSA) is 26.3 Å². The molecule has 1 saturated carbocycles. The molecule has 3 heterocycles. The van der Waals surface area contributed by atoms with Crippen molar-refractivity contribution < 1.29 is 31.0 Å². The van der Waals surface area contributed by atoms with Crippen LogP contribution in [-0.2, 0) is 21.5 Å². The molecule has 0 N–H and O–H groups in total. The van der Waals surface area contributed by atoms with Crippen molar-refractivity contribution >= 4 is 5.97 Å². The normalized spacial score (nSPS) is 28.9. The van der Waals surface area contributed by atoms with Crippen molar-refractivity contribution in [2.75, 3.05) is 19.6 Å². The largest absolute Gasteiger partial charge is 1.00 e. The van der Waals surface area contributed by atoms with Gasteiger partial charge in [-0.2, -0.15) is 0 Å². The number of rotatable bonds is 5. The van der Waals surface area contributed by atoms with Crippen LogP contribution in [0.3, 0.4) is 0 Å². The molecule has 0 amide bonds. The fourth-order valence-electron chi connectivity index (χ4n) is 6.50. The minimum absolute atomic E-state index is 0. The Bertz CT molecular complexity index is 869. The van der Waals surface area contributed by atoms with Gasteiger partial charge in [-0.3, -0.25) is 4.79 Å². The number of carbonyl (C=O) groups excluding carboxylic acids is 1. The van der Waals surface area contributed by atoms with Crippen LogP contribution < -0.4 is 17.0 Å². The number of esters is 1. The van der Waals surface area contributed by atoms with Gasteiger partial charge in [-0.05, 0) is 18.4 Å². The van der Waals surface area contributed by atoms with Gasteiger partial charge in [0, 0.05) is 24.3 Å². The molecule has 2 aromatic carbocycles. The molecule has 3 aliphatic heterocycles. The van der Waals surface area contributed by atoms with Crippen molar-refractivity contribution in [1.29, 1.82) is 0 Å². The highest BCUT2D eigenvalue weighted by atomic mass is 79.9. The molecule has 1 aliphatic carbocycles. The summed E-state index contributed by atoms with van der Waals surface area (Å²) in [6.45, 7) is 4.48. The minimum Gasteiger partial charge on any atom is -1.00 e. The maximum absolute atomic E-state index is 13.9. The third-order valence-electron chi connectivity index (χ3n) is 8.33. The highest BCUT2D eigenvalue weighted by Gasteiger charge is 2.50. The van der Waals surface area contributed by atoms with Gasteiger partial charge in [0.15, 0.2) is 6.10 Å². The lowest BCUT2D eigenvalue weighted by Crippen LogP contribution is -3.00. The van der Waals surface area contributed by atoms with Crippen LogP contribution in [0.25, 0.3) is 0 Å². The van der Waals surface area contributed by atoms with E-state index in [1.165, 1.54) is 44.3 Å². The quantitative estimate of drug-likeness (QED) is 0.360. The van der Waals surface area contributed by atoms with E-state index in [1.807, 2.05) is 6.07 Å². The van der Waals surface area contributed by atoms with E-state index in [2.05, 4.69) is 54.6 Å². The summed E-state index contributed by atoms with van der Waals surface area (Å²) < 4.78 is 7.57. The van der Waals surface area contributed by atoms with E-state index in [0.29, 0.717) is 5.92 Å². The summed E-state index contributed by atoms with van der Waals surface area (Å²) in [4.78, 5) is 13.9. The molecular formula is C28H36BrNO2. The first-order valence-electron chi connectivity index (χ1n) is 12.3. The smallest absolute Gasteiger partial charge is 0.317 e. The summed E-state index contributed by atoms with van der Waals surface area (Å²) in [5, 5.41) is 0. The number of nitrogens with zero attached hydrogens (tertiary/aromatic N) is 1. The molecule has 4 aliphatic rings. The van der Waals surface area contributed by atoms with Crippen LogP contribution in [0.5, 0.6) is 0 Å². The van der Waals surface area contributed by atoms with E-state index >= 15 is 0 Å². The molecule has 0 spiro atoms. The van der Waals surface area contributed by atoms with Crippen LogP contribution >= 0.6 is 0 Å². The fraction of sp³-hybridized carbons (Fsp3) is 0.536. The number of ether oxygens (including phenoxy) is 1. The fourth-order valence-corrected chi connectivity index (χ4v) is 6.50. The number of quaternary nitrogens is 1. The van der Waals surface area contributed by atoms with Gasteiger partial charge in [0.05, 0.1) is 18.5 Å². The molecule has 3 nitrogen and oxygen atoms in total. The van der Waals surface area contributed by atoms with E-state index in [-0.39, 0.29) is 29.1 Å². The molecule has 0 radical (unpaired) electrons. The summed E-state index contributed by atoms with van der Waals surface area (Å²) in [5.41, 5.74) is 2.11. The van der Waals surface area contributed by atoms with Crippen LogP contribution in [0.4, 0.5) is 0 Å². The third-order valence-corrected chi connectivity index (χ3v) is 8.33. The zero-order valence-electron chi connectivity index (χ0n) is 19.1. The molecule has 32 heavy (non-hydrogen) atoms. The second kappa shape index (κ2) is 10.1. The zero-order chi connectivity index (χ0) is 21.2. The number of hydrogen-bond acceptors (Lipinski definition) is 2. The van der Waals surface area contributed by atoms with E-state index in [9.17, 15) is 4.79 Å². The summed E-state index contributed by atoms with van der Waals surface area (Å²) >= 11 is 0. The van der Waals surface area contributed by atoms with Gasteiger partial charge in [-0.25, -0.2) is 0 Å². The Balaban J connectivity index is 0.00000245. The second-order valence-corrected chi connectivity index (χ2v) is 10.3. The summed E-state index contributed by atoms with van der Waals surface area (Å²) in [6, 6.07) is 21.3. The number of hydrogen-bond donors (Lipinski definition) is 0. The molecule has 6 rings (SSSR count). The molecule has 0 unspecified atom stereocenters. The first-order chi connectivity index (χ1) is 15.2. The number of piperidine rings is 3. The molecular weight excluding hydrogens is 462 g/mol. The lowest BCUT2D eigenvalue weighted by Gasteiger charge is -2.52. The first-order valence-corrected chi connectivity index (χ1v) is 12.3. The van der Waals surface area contributed by atoms with Crippen LogP contribution in [0.2, 0.25) is 0 Å². The number of fused-ring (bicyclic) bond motifs is 3. The molecule has 3 saturated heterocycles. The van der Waals surface area contributed by atoms with Gasteiger partial charge in [-0.15, -0.1) is 0 Å². The van der Waals surface area contributed by atoms with Gasteiger partial charge in [0.1, 0.15) is 13.1 Å². The molecule has 2 aromatic rings.